The number of H-pyrrole nitrogens is 1. The number of hydrogen-bond donors (Lipinski definition) is 3. The van der Waals surface area contributed by atoms with Gasteiger partial charge < -0.3 is 15.2 Å². The molecule has 0 aliphatic rings. The number of aromatic amines is 1. The van der Waals surface area contributed by atoms with E-state index in [1.165, 1.54) is 24.3 Å². The Morgan fingerprint density at radius 2 is 1.55 bits per heavy atom. The number of aliphatic carboxylic acids is 2. The highest BCUT2D eigenvalue weighted by Crippen LogP contribution is 2.36. The van der Waals surface area contributed by atoms with Gasteiger partial charge in [-0.05, 0) is 36.4 Å². The Bertz CT molecular complexity index is 1120. The molecule has 150 valence electrons. The average Bonchev–Trinajstić information content (AvgIpc) is 2.99. The number of alkyl halides is 3. The second kappa shape index (κ2) is 7.25. The molecule has 3 aromatic rings. The van der Waals surface area contributed by atoms with Gasteiger partial charge in [-0.2, -0.15) is 13.2 Å². The number of carbonyl (C=O) groups excluding carboxylic acids is 1. The molecule has 0 aliphatic carbocycles. The van der Waals surface area contributed by atoms with Gasteiger partial charge in [0.15, 0.2) is 5.92 Å². The smallest absolute Gasteiger partial charge is 0.416 e. The summed E-state index contributed by atoms with van der Waals surface area (Å²) in [6.07, 6.45) is -4.68. The van der Waals surface area contributed by atoms with Crippen LogP contribution in [0.15, 0.2) is 42.5 Å². The predicted molar refractivity (Wildman–Crippen MR) is 96.2 cm³/mol. The van der Waals surface area contributed by atoms with Crippen LogP contribution in [0, 0.1) is 0 Å². The number of carbonyl (C=O) groups is 3. The van der Waals surface area contributed by atoms with E-state index in [4.69, 9.17) is 11.6 Å². The van der Waals surface area contributed by atoms with Gasteiger partial charge in [0.05, 0.1) is 11.3 Å². The van der Waals surface area contributed by atoms with Crippen LogP contribution < -0.4 is 0 Å². The molecule has 29 heavy (non-hydrogen) atoms. The van der Waals surface area contributed by atoms with Crippen LogP contribution in [0.3, 0.4) is 0 Å². The standard InChI is InChI=1S/C19H11ClF3NO5/c20-10-4-1-8(2-5-10)16(25)15-13(14(17(26)27)18(28)29)11-6-3-9(19(21,22)23)7-12(11)24-15/h1-7,14,24H,(H,26,27)(H,28,29). The molecule has 0 spiro atoms. The van der Waals surface area contributed by atoms with Gasteiger partial charge in [0, 0.05) is 27.1 Å². The van der Waals surface area contributed by atoms with Crippen molar-refractivity contribution in [3.63, 3.8) is 0 Å². The number of fused-ring (bicyclic) bond motifs is 1. The topological polar surface area (TPSA) is 107 Å². The van der Waals surface area contributed by atoms with Crippen molar-refractivity contribution < 1.29 is 37.8 Å². The molecule has 3 rings (SSSR count). The van der Waals surface area contributed by atoms with Gasteiger partial charge in [0.1, 0.15) is 0 Å². The van der Waals surface area contributed by atoms with Crippen molar-refractivity contribution in [2.45, 2.75) is 12.1 Å². The number of carboxylic acid groups (broad SMARTS) is 2. The monoisotopic (exact) mass is 425 g/mol. The molecule has 0 saturated heterocycles. The first-order valence-electron chi connectivity index (χ1n) is 7.99. The Morgan fingerprint density at radius 3 is 2.07 bits per heavy atom. The quantitative estimate of drug-likeness (QED) is 0.417. The maximum Gasteiger partial charge on any atom is 0.416 e. The molecule has 0 unspecified atom stereocenters. The number of hydrogen-bond acceptors (Lipinski definition) is 3. The number of nitrogens with one attached hydrogen (secondary N) is 1. The molecule has 0 aliphatic heterocycles. The number of ketones is 1. The minimum absolute atomic E-state index is 0.0489. The lowest BCUT2D eigenvalue weighted by Gasteiger charge is -2.10. The molecule has 1 heterocycles. The molecule has 10 heteroatoms. The maximum atomic E-state index is 13.0. The zero-order chi connectivity index (χ0) is 21.5. The highest BCUT2D eigenvalue weighted by Gasteiger charge is 2.37. The van der Waals surface area contributed by atoms with E-state index >= 15 is 0 Å². The number of halogens is 4. The Balaban J connectivity index is 2.30. The fourth-order valence-corrected chi connectivity index (χ4v) is 3.10. The van der Waals surface area contributed by atoms with E-state index in [9.17, 15) is 37.8 Å². The van der Waals surface area contributed by atoms with E-state index < -0.39 is 46.6 Å². The van der Waals surface area contributed by atoms with Gasteiger partial charge in [0.25, 0.3) is 0 Å². The third kappa shape index (κ3) is 3.81. The lowest BCUT2D eigenvalue weighted by atomic mass is 9.92. The fourth-order valence-electron chi connectivity index (χ4n) is 2.97. The van der Waals surface area contributed by atoms with Crippen molar-refractivity contribution in [1.82, 2.24) is 4.98 Å². The number of benzene rings is 2. The Labute approximate surface area is 165 Å². The van der Waals surface area contributed by atoms with Crippen molar-refractivity contribution in [1.29, 1.82) is 0 Å². The molecule has 1 aromatic heterocycles. The summed E-state index contributed by atoms with van der Waals surface area (Å²) in [5.74, 6) is -6.47. The highest BCUT2D eigenvalue weighted by molar-refractivity contribution is 6.30. The van der Waals surface area contributed by atoms with Crippen LogP contribution in [-0.2, 0) is 15.8 Å². The maximum absolute atomic E-state index is 13.0. The molecule has 3 N–H and O–H groups in total. The predicted octanol–water partition coefficient (Wildman–Crippen LogP) is 4.32. The van der Waals surface area contributed by atoms with E-state index in [0.717, 1.165) is 6.07 Å². The normalized spacial score (nSPS) is 11.8. The third-order valence-electron chi connectivity index (χ3n) is 4.28. The summed E-state index contributed by atoms with van der Waals surface area (Å²) >= 11 is 5.77. The van der Waals surface area contributed by atoms with E-state index in [2.05, 4.69) is 4.98 Å². The van der Waals surface area contributed by atoms with E-state index in [0.29, 0.717) is 17.2 Å². The van der Waals surface area contributed by atoms with Crippen molar-refractivity contribution in [3.8, 4) is 0 Å². The summed E-state index contributed by atoms with van der Waals surface area (Å²) < 4.78 is 39.1. The molecular formula is C19H11ClF3NO5. The van der Waals surface area contributed by atoms with Gasteiger partial charge in [-0.3, -0.25) is 14.4 Å². The van der Waals surface area contributed by atoms with Crippen molar-refractivity contribution in [3.05, 3.63) is 69.9 Å². The second-order valence-electron chi connectivity index (χ2n) is 6.12. The molecule has 0 fully saturated rings. The minimum Gasteiger partial charge on any atom is -0.480 e. The fraction of sp³-hybridized carbons (Fsp3) is 0.105. The molecule has 0 radical (unpaired) electrons. The molecular weight excluding hydrogens is 415 g/mol. The molecule has 6 nitrogen and oxygen atoms in total. The molecule has 0 bridgehead atoms. The molecule has 0 atom stereocenters. The van der Waals surface area contributed by atoms with Crippen LogP contribution in [0.1, 0.15) is 33.1 Å². The SMILES string of the molecule is O=C(c1ccc(Cl)cc1)c1[nH]c2cc(C(F)(F)F)ccc2c1C(C(=O)O)C(=O)O. The summed E-state index contributed by atoms with van der Waals surface area (Å²) in [5.41, 5.74) is -2.04. The Kier molecular flexibility index (Phi) is 5.10. The minimum atomic E-state index is -4.68. The van der Waals surface area contributed by atoms with Gasteiger partial charge >= 0.3 is 18.1 Å². The number of carboxylic acids is 2. The molecule has 0 amide bonds. The largest absolute Gasteiger partial charge is 0.480 e. The third-order valence-corrected chi connectivity index (χ3v) is 4.53. The Morgan fingerprint density at radius 1 is 0.966 bits per heavy atom. The average molecular weight is 426 g/mol. The number of rotatable bonds is 5. The van der Waals surface area contributed by atoms with Crippen LogP contribution in [-0.4, -0.2) is 32.9 Å². The number of aromatic nitrogens is 1. The van der Waals surface area contributed by atoms with Crippen LogP contribution in [0.5, 0.6) is 0 Å². The summed E-state index contributed by atoms with van der Waals surface area (Å²) in [7, 11) is 0. The van der Waals surface area contributed by atoms with Gasteiger partial charge in [0.2, 0.25) is 5.78 Å². The van der Waals surface area contributed by atoms with E-state index in [-0.39, 0.29) is 16.5 Å². The lowest BCUT2D eigenvalue weighted by molar-refractivity contribution is -0.150. The summed E-state index contributed by atoms with van der Waals surface area (Å²) in [6, 6.07) is 7.78. The van der Waals surface area contributed by atoms with E-state index in [1.807, 2.05) is 0 Å². The zero-order valence-corrected chi connectivity index (χ0v) is 15.0. The second-order valence-corrected chi connectivity index (χ2v) is 6.55. The Hall–Kier alpha value is -3.33. The summed E-state index contributed by atoms with van der Waals surface area (Å²) in [4.78, 5) is 38.5. The summed E-state index contributed by atoms with van der Waals surface area (Å²) in [6.45, 7) is 0. The van der Waals surface area contributed by atoms with Crippen molar-refractivity contribution >= 4 is 40.2 Å². The van der Waals surface area contributed by atoms with Crippen LogP contribution in [0.2, 0.25) is 5.02 Å². The lowest BCUT2D eigenvalue weighted by Crippen LogP contribution is -2.23. The van der Waals surface area contributed by atoms with E-state index in [1.54, 1.807) is 0 Å². The first-order valence-corrected chi connectivity index (χ1v) is 8.37. The highest BCUT2D eigenvalue weighted by atomic mass is 35.5. The molecule has 2 aromatic carbocycles. The van der Waals surface area contributed by atoms with Crippen LogP contribution in [0.25, 0.3) is 10.9 Å². The zero-order valence-electron chi connectivity index (χ0n) is 14.2. The van der Waals surface area contributed by atoms with Gasteiger partial charge in [-0.15, -0.1) is 0 Å². The van der Waals surface area contributed by atoms with Crippen LogP contribution in [0.4, 0.5) is 13.2 Å². The van der Waals surface area contributed by atoms with Crippen molar-refractivity contribution in [2.24, 2.45) is 0 Å². The van der Waals surface area contributed by atoms with Gasteiger partial charge in [-0.1, -0.05) is 17.7 Å². The first-order chi connectivity index (χ1) is 13.5. The van der Waals surface area contributed by atoms with Crippen LogP contribution >= 0.6 is 11.6 Å². The van der Waals surface area contributed by atoms with Gasteiger partial charge in [-0.25, -0.2) is 0 Å². The summed E-state index contributed by atoms with van der Waals surface area (Å²) in [5, 5.41) is 19.0. The van der Waals surface area contributed by atoms with Crippen molar-refractivity contribution in [2.75, 3.05) is 0 Å². The first kappa shape index (κ1) is 20.4. The molecule has 0 saturated carbocycles.